The summed E-state index contributed by atoms with van der Waals surface area (Å²) in [4.78, 5) is 24.8. The quantitative estimate of drug-likeness (QED) is 0.579. The standard InChI is InChI=1S/C25H43N3O4/c1-16-20-14-19(24(3,4)27-16)15-21-22(32-12-8-25(20,21)28-17(2)29)5-9-26-23(30)13-18-6-10-31-11-7-18/h16,18-22,27H,5-15H2,1-4H3,(H,26,30)(H,28,29)/t16-,19-,20+,21+,22+,25+/m1/s1. The molecule has 6 atom stereocenters. The summed E-state index contributed by atoms with van der Waals surface area (Å²) in [6, 6.07) is 0.342. The average Bonchev–Trinajstić information content (AvgIpc) is 2.72. The van der Waals surface area contributed by atoms with Gasteiger partial charge >= 0.3 is 0 Å². The highest BCUT2D eigenvalue weighted by Crippen LogP contribution is 2.54. The van der Waals surface area contributed by atoms with E-state index in [9.17, 15) is 9.59 Å². The Kier molecular flexibility index (Phi) is 7.18. The lowest BCUT2D eigenvalue weighted by molar-refractivity contribution is -0.160. The summed E-state index contributed by atoms with van der Waals surface area (Å²) < 4.78 is 11.7. The molecule has 0 unspecified atom stereocenters. The van der Waals surface area contributed by atoms with Gasteiger partial charge in [-0.05, 0) is 77.0 Å². The van der Waals surface area contributed by atoms with Gasteiger partial charge in [0.2, 0.25) is 11.8 Å². The third-order valence-electron chi connectivity index (χ3n) is 8.90. The second-order valence-corrected chi connectivity index (χ2v) is 11.3. The number of carbonyl (C=O) groups is 2. The van der Waals surface area contributed by atoms with Crippen molar-refractivity contribution < 1.29 is 19.1 Å². The lowest BCUT2D eigenvalue weighted by Crippen LogP contribution is -2.75. The first kappa shape index (κ1) is 24.0. The molecule has 2 amide bonds. The van der Waals surface area contributed by atoms with Crippen LogP contribution in [0, 0.1) is 23.7 Å². The molecule has 1 aliphatic carbocycles. The summed E-state index contributed by atoms with van der Waals surface area (Å²) in [6.45, 7) is 11.4. The van der Waals surface area contributed by atoms with E-state index < -0.39 is 0 Å². The Morgan fingerprint density at radius 1 is 1.09 bits per heavy atom. The fourth-order valence-electron chi connectivity index (χ4n) is 7.30. The molecule has 7 heteroatoms. The largest absolute Gasteiger partial charge is 0.381 e. The molecular weight excluding hydrogens is 406 g/mol. The number of fused-ring (bicyclic) bond motifs is 4. The molecule has 4 rings (SSSR count). The van der Waals surface area contributed by atoms with Crippen LogP contribution in [-0.2, 0) is 19.1 Å². The van der Waals surface area contributed by atoms with Crippen LogP contribution in [0.3, 0.4) is 0 Å². The molecule has 0 aromatic heterocycles. The van der Waals surface area contributed by atoms with Crippen molar-refractivity contribution in [1.82, 2.24) is 16.0 Å². The van der Waals surface area contributed by atoms with Crippen LogP contribution in [0.15, 0.2) is 0 Å². The van der Waals surface area contributed by atoms with E-state index in [2.05, 4.69) is 36.7 Å². The monoisotopic (exact) mass is 449 g/mol. The van der Waals surface area contributed by atoms with Gasteiger partial charge in [0.15, 0.2) is 0 Å². The lowest BCUT2D eigenvalue weighted by atomic mass is 9.52. The van der Waals surface area contributed by atoms with E-state index in [1.807, 2.05) is 0 Å². The molecule has 3 heterocycles. The van der Waals surface area contributed by atoms with Crippen LogP contribution in [-0.4, -0.2) is 61.4 Å². The van der Waals surface area contributed by atoms with Crippen LogP contribution < -0.4 is 16.0 Å². The molecule has 182 valence electrons. The predicted molar refractivity (Wildman–Crippen MR) is 123 cm³/mol. The van der Waals surface area contributed by atoms with E-state index in [0.29, 0.717) is 43.4 Å². The zero-order chi connectivity index (χ0) is 22.9. The molecule has 3 N–H and O–H groups in total. The van der Waals surface area contributed by atoms with Crippen LogP contribution in [0.25, 0.3) is 0 Å². The zero-order valence-electron chi connectivity index (χ0n) is 20.4. The number of carbonyl (C=O) groups excluding carboxylic acids is 2. The first-order valence-electron chi connectivity index (χ1n) is 12.7. The van der Waals surface area contributed by atoms with Gasteiger partial charge in [-0.25, -0.2) is 0 Å². The molecule has 3 aliphatic heterocycles. The minimum absolute atomic E-state index is 0.0518. The number of piperidine rings is 1. The van der Waals surface area contributed by atoms with E-state index in [4.69, 9.17) is 9.47 Å². The minimum Gasteiger partial charge on any atom is -0.381 e. The van der Waals surface area contributed by atoms with Crippen LogP contribution in [0.1, 0.15) is 72.6 Å². The number of ether oxygens (including phenoxy) is 2. The van der Waals surface area contributed by atoms with Gasteiger partial charge in [0.05, 0.1) is 11.6 Å². The normalized spacial score (nSPS) is 39.1. The van der Waals surface area contributed by atoms with Gasteiger partial charge in [-0.1, -0.05) is 0 Å². The Hall–Kier alpha value is -1.18. The number of amides is 2. The van der Waals surface area contributed by atoms with Crippen LogP contribution in [0.2, 0.25) is 0 Å². The van der Waals surface area contributed by atoms with Gasteiger partial charge in [-0.2, -0.15) is 0 Å². The fourth-order valence-corrected chi connectivity index (χ4v) is 7.30. The maximum atomic E-state index is 12.5. The minimum atomic E-state index is -0.222. The van der Waals surface area contributed by atoms with Crippen molar-refractivity contribution in [2.24, 2.45) is 23.7 Å². The van der Waals surface area contributed by atoms with Crippen LogP contribution in [0.4, 0.5) is 0 Å². The van der Waals surface area contributed by atoms with Gasteiger partial charge in [0.25, 0.3) is 0 Å². The van der Waals surface area contributed by atoms with Gasteiger partial charge in [0, 0.05) is 57.2 Å². The van der Waals surface area contributed by atoms with E-state index in [0.717, 1.165) is 51.7 Å². The molecule has 0 radical (unpaired) electrons. The second kappa shape index (κ2) is 9.59. The summed E-state index contributed by atoms with van der Waals surface area (Å²) in [5.41, 5.74) is -0.140. The van der Waals surface area contributed by atoms with Gasteiger partial charge < -0.3 is 25.4 Å². The highest BCUT2D eigenvalue weighted by atomic mass is 16.5. The molecule has 0 aromatic rings. The van der Waals surface area contributed by atoms with Crippen LogP contribution >= 0.6 is 0 Å². The topological polar surface area (TPSA) is 88.7 Å². The average molecular weight is 450 g/mol. The van der Waals surface area contributed by atoms with Crippen molar-refractivity contribution in [2.75, 3.05) is 26.4 Å². The molecule has 0 spiro atoms. The van der Waals surface area contributed by atoms with E-state index >= 15 is 0 Å². The van der Waals surface area contributed by atoms with Crippen molar-refractivity contribution >= 4 is 11.8 Å². The zero-order valence-corrected chi connectivity index (χ0v) is 20.4. The number of hydrogen-bond donors (Lipinski definition) is 3. The second-order valence-electron chi connectivity index (χ2n) is 11.3. The maximum absolute atomic E-state index is 12.5. The molecule has 32 heavy (non-hydrogen) atoms. The molecule has 4 aliphatic rings. The third-order valence-corrected chi connectivity index (χ3v) is 8.90. The maximum Gasteiger partial charge on any atom is 0.220 e. The van der Waals surface area contributed by atoms with Crippen LogP contribution in [0.5, 0.6) is 0 Å². The smallest absolute Gasteiger partial charge is 0.220 e. The SMILES string of the molecule is CC(=O)N[C@]12CCO[C@@H](CCNC(=O)CC3CCOCC3)[C@@H]1C[C@H]1C[C@H]2[C@@H](C)NC1(C)C. The summed E-state index contributed by atoms with van der Waals surface area (Å²) in [5, 5.41) is 10.4. The predicted octanol–water partition coefficient (Wildman–Crippen LogP) is 2.39. The fraction of sp³-hybridized carbons (Fsp3) is 0.920. The number of rotatable bonds is 6. The highest BCUT2D eigenvalue weighted by Gasteiger charge is 2.60. The Morgan fingerprint density at radius 3 is 2.53 bits per heavy atom. The molecule has 1 saturated carbocycles. The molecule has 4 fully saturated rings. The Morgan fingerprint density at radius 2 is 1.81 bits per heavy atom. The highest BCUT2D eigenvalue weighted by molar-refractivity contribution is 5.76. The first-order valence-corrected chi connectivity index (χ1v) is 12.7. The van der Waals surface area contributed by atoms with E-state index in [1.165, 1.54) is 0 Å². The Balaban J connectivity index is 1.42. The summed E-state index contributed by atoms with van der Waals surface area (Å²) in [5.74, 6) is 1.87. The van der Waals surface area contributed by atoms with Crippen molar-refractivity contribution in [1.29, 1.82) is 0 Å². The third kappa shape index (κ3) is 4.85. The van der Waals surface area contributed by atoms with Gasteiger partial charge in [-0.15, -0.1) is 0 Å². The lowest BCUT2D eigenvalue weighted by Gasteiger charge is -2.63. The molecule has 2 bridgehead atoms. The molecular formula is C25H43N3O4. The summed E-state index contributed by atoms with van der Waals surface area (Å²) in [7, 11) is 0. The van der Waals surface area contributed by atoms with E-state index in [1.54, 1.807) is 6.92 Å². The molecule has 0 aromatic carbocycles. The number of nitrogens with one attached hydrogen (secondary N) is 3. The van der Waals surface area contributed by atoms with Crippen molar-refractivity contribution in [2.45, 2.75) is 95.9 Å². The number of hydrogen-bond acceptors (Lipinski definition) is 5. The summed E-state index contributed by atoms with van der Waals surface area (Å²) >= 11 is 0. The van der Waals surface area contributed by atoms with Gasteiger partial charge in [-0.3, -0.25) is 9.59 Å². The molecule has 7 nitrogen and oxygen atoms in total. The van der Waals surface area contributed by atoms with Crippen molar-refractivity contribution in [3.63, 3.8) is 0 Å². The Labute approximate surface area is 193 Å². The van der Waals surface area contributed by atoms with Gasteiger partial charge in [0.1, 0.15) is 0 Å². The van der Waals surface area contributed by atoms with Crippen molar-refractivity contribution in [3.05, 3.63) is 0 Å². The molecule has 3 saturated heterocycles. The first-order chi connectivity index (χ1) is 15.2. The summed E-state index contributed by atoms with van der Waals surface area (Å²) in [6.07, 6.45) is 6.47. The Bertz CT molecular complexity index is 693. The van der Waals surface area contributed by atoms with Crippen molar-refractivity contribution in [3.8, 4) is 0 Å². The van der Waals surface area contributed by atoms with E-state index in [-0.39, 0.29) is 34.9 Å².